The number of rotatable bonds is 12. The fourth-order valence-corrected chi connectivity index (χ4v) is 8.41. The van der Waals surface area contributed by atoms with Crippen molar-refractivity contribution >= 4 is 33.4 Å². The molecule has 1 saturated heterocycles. The fraction of sp³-hybridized carbons (Fsp3) is 0.600. The van der Waals surface area contributed by atoms with Crippen LogP contribution in [-0.2, 0) is 39.0 Å². The van der Waals surface area contributed by atoms with Crippen molar-refractivity contribution in [3.63, 3.8) is 0 Å². The number of benzene rings is 2. The van der Waals surface area contributed by atoms with Crippen LogP contribution < -0.4 is 10.6 Å². The molecule has 3 atom stereocenters. The van der Waals surface area contributed by atoms with Crippen LogP contribution in [-0.4, -0.2) is 98.0 Å². The van der Waals surface area contributed by atoms with Gasteiger partial charge >= 0.3 is 0 Å². The molecule has 0 bridgehead atoms. The third-order valence-electron chi connectivity index (χ3n) is 10.1. The average Bonchev–Trinajstić information content (AvgIpc) is 3.06. The Bertz CT molecular complexity index is 1420. The van der Waals surface area contributed by atoms with E-state index < -0.39 is 22.1 Å². The van der Waals surface area contributed by atoms with Crippen LogP contribution in [0.5, 0.6) is 0 Å². The lowest BCUT2D eigenvalue weighted by Crippen LogP contribution is -2.60. The summed E-state index contributed by atoms with van der Waals surface area (Å²) in [4.78, 5) is 31.9. The first-order valence-electron chi connectivity index (χ1n) is 16.9. The van der Waals surface area contributed by atoms with E-state index in [0.29, 0.717) is 69.6 Å². The first kappa shape index (κ1) is 34.8. The van der Waals surface area contributed by atoms with Crippen molar-refractivity contribution in [2.24, 2.45) is 5.92 Å². The number of halogens is 1. The van der Waals surface area contributed by atoms with Crippen molar-refractivity contribution in [2.75, 3.05) is 45.5 Å². The zero-order valence-electron chi connectivity index (χ0n) is 27.3. The third kappa shape index (κ3) is 9.31. The predicted octanol–water partition coefficient (Wildman–Crippen LogP) is 3.85. The molecule has 2 aromatic carbocycles. The van der Waals surface area contributed by atoms with E-state index >= 15 is 0 Å². The molecule has 46 heavy (non-hydrogen) atoms. The van der Waals surface area contributed by atoms with Crippen molar-refractivity contribution in [3.05, 3.63) is 70.2 Å². The van der Waals surface area contributed by atoms with Gasteiger partial charge in [0.1, 0.15) is 6.04 Å². The first-order chi connectivity index (χ1) is 22.1. The zero-order valence-corrected chi connectivity index (χ0v) is 28.9. The number of piperazine rings is 1. The highest BCUT2D eigenvalue weighted by atomic mass is 35.5. The number of hydrogen-bond acceptors (Lipinski definition) is 6. The zero-order chi connectivity index (χ0) is 32.7. The Hall–Kier alpha value is -2.50. The van der Waals surface area contributed by atoms with E-state index in [4.69, 9.17) is 11.6 Å². The number of likely N-dealkylation sites (N-methyl/N-ethyl adjacent to an activating group) is 1. The molecule has 2 fully saturated rings. The van der Waals surface area contributed by atoms with E-state index in [2.05, 4.69) is 27.7 Å². The van der Waals surface area contributed by atoms with Gasteiger partial charge in [0.05, 0.1) is 12.3 Å². The normalized spacial score (nSPS) is 21.0. The van der Waals surface area contributed by atoms with Crippen LogP contribution in [0.15, 0.2) is 48.5 Å². The van der Waals surface area contributed by atoms with E-state index in [1.54, 1.807) is 16.4 Å². The highest BCUT2D eigenvalue weighted by Gasteiger charge is 2.35. The van der Waals surface area contributed by atoms with Crippen molar-refractivity contribution in [1.82, 2.24) is 24.7 Å². The second kappa shape index (κ2) is 16.1. The lowest BCUT2D eigenvalue weighted by molar-refractivity contribution is -0.138. The SMILES string of the molecule is CCN(CC(CC1CCCCC1)N1CCN(C(=O)[C@@H](Cc2ccc(Cl)cc2)NC(=O)[C@H]2Cc3ccccc3CN2)CC1)S(C)(=O)=O. The molecule has 2 N–H and O–H groups in total. The number of sulfonamides is 1. The van der Waals surface area contributed by atoms with Gasteiger partial charge in [0.2, 0.25) is 21.8 Å². The van der Waals surface area contributed by atoms with E-state index in [9.17, 15) is 18.0 Å². The maximum absolute atomic E-state index is 14.1. The van der Waals surface area contributed by atoms with Crippen LogP contribution in [0, 0.1) is 5.92 Å². The summed E-state index contributed by atoms with van der Waals surface area (Å²) < 4.78 is 26.6. The molecule has 0 spiro atoms. The number of nitrogens with one attached hydrogen (secondary N) is 2. The summed E-state index contributed by atoms with van der Waals surface area (Å²) in [5.41, 5.74) is 3.27. The van der Waals surface area contributed by atoms with Crippen LogP contribution in [0.4, 0.5) is 0 Å². The fourth-order valence-electron chi connectivity index (χ4n) is 7.38. The smallest absolute Gasteiger partial charge is 0.245 e. The van der Waals surface area contributed by atoms with Crippen molar-refractivity contribution in [3.8, 4) is 0 Å². The molecule has 2 aliphatic heterocycles. The summed E-state index contributed by atoms with van der Waals surface area (Å²) >= 11 is 6.13. The Morgan fingerprint density at radius 2 is 1.67 bits per heavy atom. The Morgan fingerprint density at radius 3 is 2.33 bits per heavy atom. The molecule has 1 unspecified atom stereocenters. The molecular formula is C35H50ClN5O4S. The van der Waals surface area contributed by atoms with Gasteiger partial charge in [-0.15, -0.1) is 0 Å². The molecule has 0 aromatic heterocycles. The van der Waals surface area contributed by atoms with E-state index in [0.717, 1.165) is 17.5 Å². The number of carbonyl (C=O) groups excluding carboxylic acids is 2. The van der Waals surface area contributed by atoms with Crippen molar-refractivity contribution in [2.45, 2.75) is 83.0 Å². The molecule has 2 amide bonds. The molecular weight excluding hydrogens is 622 g/mol. The van der Waals surface area contributed by atoms with Gasteiger partial charge in [-0.1, -0.05) is 87.0 Å². The van der Waals surface area contributed by atoms with Gasteiger partial charge in [-0.05, 0) is 47.6 Å². The maximum atomic E-state index is 14.1. The van der Waals surface area contributed by atoms with Gasteiger partial charge < -0.3 is 15.5 Å². The van der Waals surface area contributed by atoms with E-state index in [1.165, 1.54) is 43.9 Å². The highest BCUT2D eigenvalue weighted by molar-refractivity contribution is 7.88. The number of fused-ring (bicyclic) bond motifs is 1. The van der Waals surface area contributed by atoms with Crippen LogP contribution in [0.3, 0.4) is 0 Å². The largest absolute Gasteiger partial charge is 0.343 e. The minimum Gasteiger partial charge on any atom is -0.343 e. The molecule has 2 heterocycles. The summed E-state index contributed by atoms with van der Waals surface area (Å²) in [6.07, 6.45) is 9.39. The number of nitrogens with zero attached hydrogens (tertiary/aromatic N) is 3. The van der Waals surface area contributed by atoms with Crippen LogP contribution in [0.1, 0.15) is 62.1 Å². The van der Waals surface area contributed by atoms with Gasteiger partial charge in [-0.2, -0.15) is 0 Å². The van der Waals surface area contributed by atoms with E-state index in [-0.39, 0.29) is 17.9 Å². The summed E-state index contributed by atoms with van der Waals surface area (Å²) in [6.45, 7) is 5.85. The standard InChI is InChI=1S/C35H50ClN5O4S/c1-3-41(46(2,44)45)25-31(21-26-9-5-4-6-10-26)39-17-19-40(20-18-39)35(43)33(22-27-13-15-30(36)16-14-27)38-34(42)32-23-28-11-7-8-12-29(28)24-37-32/h7-8,11-16,26,31-33,37H,3-6,9-10,17-25H2,1-2H3,(H,38,42)/t31?,32-,33-/m1/s1. The minimum absolute atomic E-state index is 0.0886. The molecule has 0 radical (unpaired) electrons. The Kier molecular flexibility index (Phi) is 12.2. The summed E-state index contributed by atoms with van der Waals surface area (Å²) in [6, 6.07) is 14.5. The predicted molar refractivity (Wildman–Crippen MR) is 183 cm³/mol. The van der Waals surface area contributed by atoms with Crippen molar-refractivity contribution < 1.29 is 18.0 Å². The van der Waals surface area contributed by atoms with E-state index in [1.807, 2.05) is 36.1 Å². The molecule has 9 nitrogen and oxygen atoms in total. The number of carbonyl (C=O) groups is 2. The molecule has 2 aromatic rings. The maximum Gasteiger partial charge on any atom is 0.245 e. The third-order valence-corrected chi connectivity index (χ3v) is 11.7. The lowest BCUT2D eigenvalue weighted by atomic mass is 9.84. The number of amides is 2. The molecule has 1 saturated carbocycles. The van der Waals surface area contributed by atoms with Gasteiger partial charge in [0, 0.05) is 63.3 Å². The Balaban J connectivity index is 1.26. The quantitative estimate of drug-likeness (QED) is 0.356. The monoisotopic (exact) mass is 671 g/mol. The summed E-state index contributed by atoms with van der Waals surface area (Å²) in [5, 5.41) is 7.07. The van der Waals surface area contributed by atoms with Gasteiger partial charge in [-0.3, -0.25) is 14.5 Å². The lowest BCUT2D eigenvalue weighted by Gasteiger charge is -2.42. The van der Waals surface area contributed by atoms with Crippen LogP contribution in [0.25, 0.3) is 0 Å². The summed E-state index contributed by atoms with van der Waals surface area (Å²) in [7, 11) is -3.31. The Labute approximate surface area is 280 Å². The molecule has 252 valence electrons. The Morgan fingerprint density at radius 1 is 1.00 bits per heavy atom. The molecule has 1 aliphatic carbocycles. The van der Waals surface area contributed by atoms with Crippen LogP contribution >= 0.6 is 11.6 Å². The number of hydrogen-bond donors (Lipinski definition) is 2. The first-order valence-corrected chi connectivity index (χ1v) is 19.2. The average molecular weight is 672 g/mol. The second-order valence-corrected chi connectivity index (χ2v) is 15.7. The van der Waals surface area contributed by atoms with Gasteiger partial charge in [0.25, 0.3) is 0 Å². The van der Waals surface area contributed by atoms with Gasteiger partial charge in [0.15, 0.2) is 0 Å². The van der Waals surface area contributed by atoms with Crippen molar-refractivity contribution in [1.29, 1.82) is 0 Å². The second-order valence-electron chi connectivity index (χ2n) is 13.3. The summed E-state index contributed by atoms with van der Waals surface area (Å²) in [5.74, 6) is 0.346. The highest BCUT2D eigenvalue weighted by Crippen LogP contribution is 2.30. The molecule has 5 rings (SSSR count). The topological polar surface area (TPSA) is 102 Å². The molecule has 11 heteroatoms. The van der Waals surface area contributed by atoms with Crippen LogP contribution in [0.2, 0.25) is 5.02 Å². The van der Waals surface area contributed by atoms with Gasteiger partial charge in [-0.25, -0.2) is 12.7 Å². The molecule has 3 aliphatic rings. The minimum atomic E-state index is -3.31.